The van der Waals surface area contributed by atoms with E-state index in [4.69, 9.17) is 9.47 Å². The van der Waals surface area contributed by atoms with Gasteiger partial charge in [0.25, 0.3) is 0 Å². The molecule has 0 spiro atoms. The summed E-state index contributed by atoms with van der Waals surface area (Å²) >= 11 is 0. The zero-order chi connectivity index (χ0) is 28.5. The number of alkyl halides is 3. The van der Waals surface area contributed by atoms with Crippen molar-refractivity contribution in [1.29, 1.82) is 0 Å². The Hall–Kier alpha value is -3.11. The normalized spacial score (nSPS) is 17.8. The molecule has 0 aromatic heterocycles. The van der Waals surface area contributed by atoms with E-state index in [2.05, 4.69) is 27.7 Å². The molecule has 3 aromatic carbocycles. The molecule has 1 saturated heterocycles. The van der Waals surface area contributed by atoms with Crippen molar-refractivity contribution in [3.05, 3.63) is 95.1 Å². The van der Waals surface area contributed by atoms with E-state index in [-0.39, 0.29) is 24.2 Å². The number of ether oxygens (including phenoxy) is 2. The third-order valence-corrected chi connectivity index (χ3v) is 7.23. The number of nitrogens with one attached hydrogen (secondary N) is 2. The molecule has 3 N–H and O–H groups in total. The lowest BCUT2D eigenvalue weighted by atomic mass is 10.0. The van der Waals surface area contributed by atoms with Gasteiger partial charge in [-0.05, 0) is 66.4 Å². The average Bonchev–Trinajstić information content (AvgIpc) is 2.97. The predicted octanol–water partition coefficient (Wildman–Crippen LogP) is 4.99. The summed E-state index contributed by atoms with van der Waals surface area (Å²) in [5, 5.41) is 17.1. The number of hydrogen-bond donors (Lipinski definition) is 3. The van der Waals surface area contributed by atoms with Gasteiger partial charge in [0.15, 0.2) is 0 Å². The van der Waals surface area contributed by atoms with Gasteiger partial charge in [-0.1, -0.05) is 36.4 Å². The molecule has 4 rings (SSSR count). The minimum Gasteiger partial charge on any atom is -0.497 e. The standard InChI is InChI=1S/C31H38F3N3O3/c1-22(36-21-30(38)25-4-3-5-26(19-25)31(32,33)34)18-23-6-10-28(11-7-23)40-17-16-37-15-14-35-20-29(37)24-8-12-27(39-2)13-9-24/h3-13,19,22,29-30,35-36,38H,14-18,20-21H2,1-2H3. The molecule has 3 unspecified atom stereocenters. The summed E-state index contributed by atoms with van der Waals surface area (Å²) in [5.74, 6) is 1.66. The van der Waals surface area contributed by atoms with Gasteiger partial charge in [0.2, 0.25) is 0 Å². The molecule has 40 heavy (non-hydrogen) atoms. The maximum atomic E-state index is 13.0. The zero-order valence-electron chi connectivity index (χ0n) is 23.0. The lowest BCUT2D eigenvalue weighted by molar-refractivity contribution is -0.137. The smallest absolute Gasteiger partial charge is 0.416 e. The van der Waals surface area contributed by atoms with Crippen LogP contribution in [0.2, 0.25) is 0 Å². The number of methoxy groups -OCH3 is 1. The fraction of sp³-hybridized carbons (Fsp3) is 0.419. The van der Waals surface area contributed by atoms with Crippen LogP contribution in [0.3, 0.4) is 0 Å². The van der Waals surface area contributed by atoms with E-state index < -0.39 is 17.8 Å². The van der Waals surface area contributed by atoms with Gasteiger partial charge in [-0.2, -0.15) is 13.2 Å². The molecule has 216 valence electrons. The van der Waals surface area contributed by atoms with E-state index in [0.717, 1.165) is 55.4 Å². The Labute approximate surface area is 234 Å². The van der Waals surface area contributed by atoms with Crippen LogP contribution in [0.5, 0.6) is 11.5 Å². The molecule has 6 nitrogen and oxygen atoms in total. The third-order valence-electron chi connectivity index (χ3n) is 7.23. The van der Waals surface area contributed by atoms with Gasteiger partial charge in [-0.3, -0.25) is 4.90 Å². The van der Waals surface area contributed by atoms with Crippen molar-refractivity contribution in [3.63, 3.8) is 0 Å². The van der Waals surface area contributed by atoms with Crippen LogP contribution in [0.1, 0.15) is 41.3 Å². The maximum absolute atomic E-state index is 13.0. The van der Waals surface area contributed by atoms with Gasteiger partial charge >= 0.3 is 6.18 Å². The van der Waals surface area contributed by atoms with Crippen LogP contribution in [-0.2, 0) is 12.6 Å². The summed E-state index contributed by atoms with van der Waals surface area (Å²) in [5.41, 5.74) is 1.83. The Bertz CT molecular complexity index is 1190. The molecule has 3 aromatic rings. The first-order valence-electron chi connectivity index (χ1n) is 13.6. The van der Waals surface area contributed by atoms with Crippen LogP contribution in [0.25, 0.3) is 0 Å². The van der Waals surface area contributed by atoms with Crippen molar-refractivity contribution < 1.29 is 27.8 Å². The van der Waals surface area contributed by atoms with Crippen molar-refractivity contribution in [3.8, 4) is 11.5 Å². The molecular formula is C31H38F3N3O3. The van der Waals surface area contributed by atoms with Crippen LogP contribution in [0, 0.1) is 0 Å². The highest BCUT2D eigenvalue weighted by Gasteiger charge is 2.31. The Morgan fingerprint density at radius 2 is 1.77 bits per heavy atom. The summed E-state index contributed by atoms with van der Waals surface area (Å²) < 4.78 is 50.2. The van der Waals surface area contributed by atoms with Gasteiger partial charge in [0, 0.05) is 44.8 Å². The van der Waals surface area contributed by atoms with E-state index >= 15 is 0 Å². The van der Waals surface area contributed by atoms with Crippen LogP contribution >= 0.6 is 0 Å². The highest BCUT2D eigenvalue weighted by Crippen LogP contribution is 2.31. The molecule has 1 heterocycles. The number of aliphatic hydroxyl groups excluding tert-OH is 1. The van der Waals surface area contributed by atoms with Gasteiger partial charge in [0.05, 0.1) is 18.8 Å². The van der Waals surface area contributed by atoms with E-state index in [1.165, 1.54) is 17.7 Å². The first-order valence-corrected chi connectivity index (χ1v) is 13.6. The second-order valence-electron chi connectivity index (χ2n) is 10.2. The molecule has 0 aliphatic carbocycles. The zero-order valence-corrected chi connectivity index (χ0v) is 23.0. The highest BCUT2D eigenvalue weighted by molar-refractivity contribution is 5.30. The quantitative estimate of drug-likeness (QED) is 0.292. The van der Waals surface area contributed by atoms with Gasteiger partial charge < -0.3 is 25.2 Å². The van der Waals surface area contributed by atoms with E-state index in [1.54, 1.807) is 7.11 Å². The van der Waals surface area contributed by atoms with Crippen LogP contribution < -0.4 is 20.1 Å². The molecule has 1 fully saturated rings. The number of piperazine rings is 1. The molecule has 3 atom stereocenters. The number of halogens is 3. The second-order valence-corrected chi connectivity index (χ2v) is 10.2. The molecule has 9 heteroatoms. The van der Waals surface area contributed by atoms with Gasteiger partial charge in [-0.15, -0.1) is 0 Å². The molecular weight excluding hydrogens is 519 g/mol. The molecule has 1 aliphatic heterocycles. The minimum absolute atomic E-state index is 0.0230. The summed E-state index contributed by atoms with van der Waals surface area (Å²) in [4.78, 5) is 2.44. The number of rotatable bonds is 12. The number of nitrogens with zero attached hydrogens (tertiary/aromatic N) is 1. The Morgan fingerprint density at radius 3 is 2.48 bits per heavy atom. The summed E-state index contributed by atoms with van der Waals surface area (Å²) in [6.45, 7) is 6.33. The van der Waals surface area contributed by atoms with Gasteiger partial charge in [0.1, 0.15) is 18.1 Å². The van der Waals surface area contributed by atoms with Crippen molar-refractivity contribution in [2.45, 2.75) is 37.7 Å². The first-order chi connectivity index (χ1) is 19.2. The lowest BCUT2D eigenvalue weighted by Crippen LogP contribution is -2.47. The fourth-order valence-electron chi connectivity index (χ4n) is 4.95. The lowest BCUT2D eigenvalue weighted by Gasteiger charge is -2.36. The van der Waals surface area contributed by atoms with Crippen molar-refractivity contribution in [1.82, 2.24) is 15.5 Å². The van der Waals surface area contributed by atoms with E-state index in [0.29, 0.717) is 13.0 Å². The average molecular weight is 558 g/mol. The Morgan fingerprint density at radius 1 is 1.05 bits per heavy atom. The number of aliphatic hydroxyl groups is 1. The summed E-state index contributed by atoms with van der Waals surface area (Å²) in [6, 6.07) is 21.3. The maximum Gasteiger partial charge on any atom is 0.416 e. The summed E-state index contributed by atoms with van der Waals surface area (Å²) in [7, 11) is 1.67. The van der Waals surface area contributed by atoms with Crippen molar-refractivity contribution in [2.75, 3.05) is 46.4 Å². The Balaban J connectivity index is 1.21. The first kappa shape index (κ1) is 29.9. The van der Waals surface area contributed by atoms with Gasteiger partial charge in [-0.25, -0.2) is 0 Å². The number of benzene rings is 3. The summed E-state index contributed by atoms with van der Waals surface area (Å²) in [6.07, 6.45) is -4.75. The van der Waals surface area contributed by atoms with Crippen molar-refractivity contribution >= 4 is 0 Å². The minimum atomic E-state index is -4.43. The molecule has 0 amide bonds. The van der Waals surface area contributed by atoms with Crippen LogP contribution in [0.4, 0.5) is 13.2 Å². The molecule has 0 saturated carbocycles. The fourth-order valence-corrected chi connectivity index (χ4v) is 4.95. The highest BCUT2D eigenvalue weighted by atomic mass is 19.4. The van der Waals surface area contributed by atoms with E-state index in [9.17, 15) is 18.3 Å². The second kappa shape index (κ2) is 14.0. The molecule has 1 aliphatic rings. The largest absolute Gasteiger partial charge is 0.497 e. The van der Waals surface area contributed by atoms with Crippen LogP contribution in [0.15, 0.2) is 72.8 Å². The SMILES string of the molecule is COc1ccc(C2CNCCN2CCOc2ccc(CC(C)NCC(O)c3cccc(C(F)(F)F)c3)cc2)cc1. The molecule has 0 bridgehead atoms. The van der Waals surface area contributed by atoms with Crippen molar-refractivity contribution in [2.24, 2.45) is 0 Å². The predicted molar refractivity (Wildman–Crippen MR) is 150 cm³/mol. The third kappa shape index (κ3) is 8.44. The van der Waals surface area contributed by atoms with Crippen LogP contribution in [-0.4, -0.2) is 62.5 Å². The van der Waals surface area contributed by atoms with E-state index in [1.807, 2.05) is 43.3 Å². The molecule has 0 radical (unpaired) electrons. The topological polar surface area (TPSA) is 66.0 Å². The Kier molecular flexibility index (Phi) is 10.4. The number of hydrogen-bond acceptors (Lipinski definition) is 6. The monoisotopic (exact) mass is 557 g/mol.